The van der Waals surface area contributed by atoms with Gasteiger partial charge in [-0.25, -0.2) is 9.71 Å². The maximum Gasteiger partial charge on any atom is 0.362 e. The SMILES string of the molecule is CCCc1cn(-c2nc(N)c3ncn([C@@H]4O[C@H](COS(=O)(=O)NC(=O)c5ccccc5O)[C@@H](O)[C@H]4O)c3n2)nn1. The van der Waals surface area contributed by atoms with Gasteiger partial charge in [-0.05, 0) is 18.6 Å². The number of anilines is 1. The van der Waals surface area contributed by atoms with Gasteiger partial charge in [0.1, 0.15) is 29.6 Å². The van der Waals surface area contributed by atoms with Crippen molar-refractivity contribution in [1.82, 2.24) is 39.2 Å². The van der Waals surface area contributed by atoms with Crippen LogP contribution in [-0.4, -0.2) is 89.1 Å². The molecule has 1 aromatic carbocycles. The lowest BCUT2D eigenvalue weighted by atomic mass is 10.1. The number of aromatic nitrogens is 7. The van der Waals surface area contributed by atoms with Gasteiger partial charge in [0.25, 0.3) is 11.9 Å². The predicted molar refractivity (Wildman–Crippen MR) is 135 cm³/mol. The number of fused-ring (bicyclic) bond motifs is 1. The van der Waals surface area contributed by atoms with Crippen LogP contribution in [0.15, 0.2) is 36.8 Å². The van der Waals surface area contributed by atoms with Gasteiger partial charge in [-0.1, -0.05) is 30.7 Å². The average molecular weight is 576 g/mol. The maximum absolute atomic E-state index is 12.3. The van der Waals surface area contributed by atoms with Crippen molar-refractivity contribution in [2.45, 2.75) is 44.3 Å². The van der Waals surface area contributed by atoms with Gasteiger partial charge < -0.3 is 25.8 Å². The van der Waals surface area contributed by atoms with E-state index >= 15 is 0 Å². The molecule has 5 rings (SSSR count). The van der Waals surface area contributed by atoms with E-state index in [2.05, 4.69) is 25.3 Å². The Balaban J connectivity index is 1.32. The van der Waals surface area contributed by atoms with Crippen molar-refractivity contribution in [3.63, 3.8) is 0 Å². The normalized spacial score (nSPS) is 21.2. The summed E-state index contributed by atoms with van der Waals surface area (Å²) < 4.78 is 39.4. The molecule has 0 bridgehead atoms. The minimum absolute atomic E-state index is 0.0190. The summed E-state index contributed by atoms with van der Waals surface area (Å²) in [7, 11) is -4.68. The van der Waals surface area contributed by atoms with E-state index in [4.69, 9.17) is 14.7 Å². The van der Waals surface area contributed by atoms with E-state index in [1.807, 2.05) is 6.92 Å². The van der Waals surface area contributed by atoms with Crippen molar-refractivity contribution < 1.29 is 37.5 Å². The topological polar surface area (TPSA) is 243 Å². The van der Waals surface area contributed by atoms with Crippen molar-refractivity contribution in [1.29, 1.82) is 0 Å². The number of hydrogen-bond acceptors (Lipinski definition) is 14. The lowest BCUT2D eigenvalue weighted by Gasteiger charge is -2.16. The second kappa shape index (κ2) is 10.7. The highest BCUT2D eigenvalue weighted by Gasteiger charge is 2.45. The Labute approximate surface area is 226 Å². The lowest BCUT2D eigenvalue weighted by Crippen LogP contribution is -2.37. The summed E-state index contributed by atoms with van der Waals surface area (Å²) in [5, 5.41) is 39.1. The quantitative estimate of drug-likeness (QED) is 0.160. The summed E-state index contributed by atoms with van der Waals surface area (Å²) in [4.78, 5) is 25.0. The molecule has 0 aliphatic carbocycles. The van der Waals surface area contributed by atoms with Crippen LogP contribution in [0, 0.1) is 0 Å². The van der Waals surface area contributed by atoms with Crippen LogP contribution in [0.4, 0.5) is 5.82 Å². The first-order valence-electron chi connectivity index (χ1n) is 12.0. The summed E-state index contributed by atoms with van der Waals surface area (Å²) in [6.45, 7) is 1.24. The smallest absolute Gasteiger partial charge is 0.362 e. The van der Waals surface area contributed by atoms with Crippen LogP contribution in [0.2, 0.25) is 0 Å². The van der Waals surface area contributed by atoms with E-state index in [0.29, 0.717) is 6.42 Å². The second-order valence-corrected chi connectivity index (χ2v) is 10.2. The molecule has 0 spiro atoms. The molecule has 1 aliphatic heterocycles. The number of benzene rings is 1. The average Bonchev–Trinajstić information content (AvgIpc) is 3.62. The first kappa shape index (κ1) is 27.3. The van der Waals surface area contributed by atoms with Crippen LogP contribution in [0.3, 0.4) is 0 Å². The first-order chi connectivity index (χ1) is 19.1. The molecular weight excluding hydrogens is 550 g/mol. The van der Waals surface area contributed by atoms with Crippen molar-refractivity contribution >= 4 is 33.2 Å². The molecule has 6 N–H and O–H groups in total. The van der Waals surface area contributed by atoms with Crippen LogP contribution in [0.5, 0.6) is 5.75 Å². The number of aliphatic hydroxyl groups is 2. The molecule has 1 aliphatic rings. The number of rotatable bonds is 9. The predicted octanol–water partition coefficient (Wildman–Crippen LogP) is -1.04. The molecule has 1 fully saturated rings. The van der Waals surface area contributed by atoms with Crippen LogP contribution < -0.4 is 10.5 Å². The summed E-state index contributed by atoms with van der Waals surface area (Å²) in [6, 6.07) is 5.32. The number of imidazole rings is 1. The molecule has 1 amide bonds. The highest BCUT2D eigenvalue weighted by molar-refractivity contribution is 7.85. The van der Waals surface area contributed by atoms with Crippen molar-refractivity contribution in [2.75, 3.05) is 12.3 Å². The summed E-state index contributed by atoms with van der Waals surface area (Å²) in [5.74, 6) is -1.46. The Morgan fingerprint density at radius 1 is 1.23 bits per heavy atom. The first-order valence-corrected chi connectivity index (χ1v) is 13.4. The number of hydrogen-bond donors (Lipinski definition) is 5. The summed E-state index contributed by atoms with van der Waals surface area (Å²) in [6.07, 6.45) is -1.24. The van der Waals surface area contributed by atoms with E-state index in [-0.39, 0.29) is 28.5 Å². The third-order valence-corrected chi connectivity index (χ3v) is 6.94. The largest absolute Gasteiger partial charge is 0.507 e. The zero-order chi connectivity index (χ0) is 28.6. The summed E-state index contributed by atoms with van der Waals surface area (Å²) >= 11 is 0. The molecule has 4 heterocycles. The van der Waals surface area contributed by atoms with Gasteiger partial charge in [-0.2, -0.15) is 23.1 Å². The third kappa shape index (κ3) is 5.29. The third-order valence-electron chi connectivity index (χ3n) is 6.05. The zero-order valence-corrected chi connectivity index (χ0v) is 21.7. The number of phenols is 1. The molecule has 40 heavy (non-hydrogen) atoms. The Bertz CT molecular complexity index is 1660. The fraction of sp³-hybridized carbons (Fsp3) is 0.364. The molecule has 3 aromatic heterocycles. The van der Waals surface area contributed by atoms with Crippen LogP contribution in [-0.2, 0) is 25.6 Å². The number of nitrogen functional groups attached to an aromatic ring is 1. The van der Waals surface area contributed by atoms with Gasteiger partial charge in [0.15, 0.2) is 17.7 Å². The highest BCUT2D eigenvalue weighted by Crippen LogP contribution is 2.32. The number of aromatic hydroxyl groups is 1. The highest BCUT2D eigenvalue weighted by atomic mass is 32.2. The molecule has 0 radical (unpaired) electrons. The number of nitrogens with zero attached hydrogens (tertiary/aromatic N) is 7. The number of carbonyl (C=O) groups is 1. The number of nitrogens with two attached hydrogens (primary N) is 1. The standard InChI is InChI=1S/C22H25N9O8S/c1-2-5-11-8-31(29-27-11)22-25-18(23)15-19(26-22)30(10-24-15)21-17(34)16(33)14(39-21)9-38-40(36,37)28-20(35)12-6-3-4-7-13(12)32/h3-4,6-8,10,14,16-17,21,32-34H,2,5,9H2,1H3,(H,28,35)(H2,23,25,26)/t14-,16-,17-,21-/m1/s1. The number of phenolic OH excluding ortho intramolecular Hbond substituents is 1. The van der Waals surface area contributed by atoms with Gasteiger partial charge in [0.2, 0.25) is 0 Å². The zero-order valence-electron chi connectivity index (χ0n) is 20.9. The minimum Gasteiger partial charge on any atom is -0.507 e. The van der Waals surface area contributed by atoms with E-state index in [9.17, 15) is 28.5 Å². The van der Waals surface area contributed by atoms with E-state index in [1.54, 1.807) is 10.9 Å². The number of nitrogens with one attached hydrogen (secondary N) is 1. The van der Waals surface area contributed by atoms with Crippen molar-refractivity contribution in [3.8, 4) is 11.7 Å². The molecule has 18 heteroatoms. The number of carbonyl (C=O) groups excluding carboxylic acids is 1. The number of ether oxygens (including phenoxy) is 1. The van der Waals surface area contributed by atoms with Gasteiger partial charge >= 0.3 is 10.3 Å². The summed E-state index contributed by atoms with van der Waals surface area (Å²) in [5.41, 5.74) is 6.85. The van der Waals surface area contributed by atoms with E-state index < -0.39 is 53.1 Å². The number of aliphatic hydroxyl groups excluding tert-OH is 2. The van der Waals surface area contributed by atoms with Gasteiger partial charge in [-0.3, -0.25) is 13.5 Å². The minimum atomic E-state index is -4.68. The van der Waals surface area contributed by atoms with Crippen LogP contribution in [0.25, 0.3) is 17.1 Å². The van der Waals surface area contributed by atoms with Crippen molar-refractivity contribution in [2.24, 2.45) is 0 Å². The molecule has 4 atom stereocenters. The second-order valence-electron chi connectivity index (χ2n) is 8.87. The van der Waals surface area contributed by atoms with Gasteiger partial charge in [-0.15, -0.1) is 5.10 Å². The fourth-order valence-corrected chi connectivity index (χ4v) is 4.81. The van der Waals surface area contributed by atoms with E-state index in [0.717, 1.165) is 12.1 Å². The van der Waals surface area contributed by atoms with Crippen LogP contribution in [0.1, 0.15) is 35.6 Å². The Hall–Kier alpha value is -4.23. The van der Waals surface area contributed by atoms with Gasteiger partial charge in [0.05, 0.1) is 30.4 Å². The van der Waals surface area contributed by atoms with Gasteiger partial charge in [0, 0.05) is 0 Å². The Morgan fingerprint density at radius 2 is 2.00 bits per heavy atom. The molecule has 0 saturated carbocycles. The number of amides is 1. The fourth-order valence-electron chi connectivity index (χ4n) is 4.10. The molecule has 4 aromatic rings. The lowest BCUT2D eigenvalue weighted by molar-refractivity contribution is -0.0468. The number of para-hydroxylation sites is 1. The van der Waals surface area contributed by atoms with E-state index in [1.165, 1.54) is 39.8 Å². The molecule has 212 valence electrons. The monoisotopic (exact) mass is 575 g/mol. The maximum atomic E-state index is 12.3. The molecule has 0 unspecified atom stereocenters. The van der Waals surface area contributed by atoms with Crippen LogP contribution >= 0.6 is 0 Å². The Morgan fingerprint density at radius 3 is 2.75 bits per heavy atom. The van der Waals surface area contributed by atoms with Crippen molar-refractivity contribution in [3.05, 3.63) is 48.0 Å². The number of aryl methyl sites for hydroxylation is 1. The molecular formula is C22H25N9O8S. The molecule has 17 nitrogen and oxygen atoms in total. The Kier molecular flexibility index (Phi) is 7.34. The molecule has 1 saturated heterocycles.